The van der Waals surface area contributed by atoms with Gasteiger partial charge in [0.15, 0.2) is 0 Å². The van der Waals surface area contributed by atoms with Crippen LogP contribution < -0.4 is 5.32 Å². The highest BCUT2D eigenvalue weighted by Gasteiger charge is 2.43. The predicted octanol–water partition coefficient (Wildman–Crippen LogP) is 6.02. The first-order valence-electron chi connectivity index (χ1n) is 12.9. The van der Waals surface area contributed by atoms with Gasteiger partial charge in [0.2, 0.25) is 0 Å². The number of fused-ring (bicyclic) bond motifs is 3. The van der Waals surface area contributed by atoms with E-state index in [2.05, 4.69) is 46.0 Å². The van der Waals surface area contributed by atoms with Crippen LogP contribution in [0.2, 0.25) is 5.02 Å². The summed E-state index contributed by atoms with van der Waals surface area (Å²) in [7, 11) is 0. The minimum Gasteiger partial charge on any atom is -0.325 e. The van der Waals surface area contributed by atoms with Crippen molar-refractivity contribution < 1.29 is 4.39 Å². The molecule has 34 heavy (non-hydrogen) atoms. The molecule has 4 nitrogen and oxygen atoms in total. The Labute approximate surface area is 206 Å². The smallest absolute Gasteiger partial charge is 0.124 e. The predicted molar refractivity (Wildman–Crippen MR) is 136 cm³/mol. The second-order valence-corrected chi connectivity index (χ2v) is 11.1. The number of para-hydroxylation sites is 2. The number of nitrogens with one attached hydrogen (secondary N) is 1. The average molecular weight is 481 g/mol. The van der Waals surface area contributed by atoms with Gasteiger partial charge in [-0.25, -0.2) is 9.37 Å². The van der Waals surface area contributed by atoms with E-state index in [1.807, 2.05) is 6.07 Å². The van der Waals surface area contributed by atoms with Crippen LogP contribution in [0.1, 0.15) is 62.4 Å². The Kier molecular flexibility index (Phi) is 5.91. The van der Waals surface area contributed by atoms with Gasteiger partial charge in [-0.2, -0.15) is 0 Å². The summed E-state index contributed by atoms with van der Waals surface area (Å²) < 4.78 is 16.8. The largest absolute Gasteiger partial charge is 0.325 e. The number of hydrogen-bond donors (Lipinski definition) is 1. The van der Waals surface area contributed by atoms with Crippen LogP contribution in [0, 0.1) is 12.7 Å². The Hall–Kier alpha value is -1.95. The van der Waals surface area contributed by atoms with E-state index >= 15 is 0 Å². The Morgan fingerprint density at radius 2 is 1.79 bits per heavy atom. The fourth-order valence-corrected chi connectivity index (χ4v) is 7.46. The zero-order valence-electron chi connectivity index (χ0n) is 19.9. The highest BCUT2D eigenvalue weighted by atomic mass is 35.5. The van der Waals surface area contributed by atoms with Crippen molar-refractivity contribution in [2.45, 2.75) is 75.4 Å². The van der Waals surface area contributed by atoms with Crippen LogP contribution in [0.5, 0.6) is 0 Å². The number of aryl methyl sites for hydroxylation is 1. The maximum Gasteiger partial charge on any atom is 0.124 e. The highest BCUT2D eigenvalue weighted by Crippen LogP contribution is 2.44. The number of rotatable bonds is 5. The second-order valence-electron chi connectivity index (χ2n) is 10.7. The third-order valence-electron chi connectivity index (χ3n) is 8.88. The number of halogens is 2. The van der Waals surface area contributed by atoms with Crippen LogP contribution >= 0.6 is 11.6 Å². The zero-order chi connectivity index (χ0) is 23.3. The molecule has 3 aliphatic rings. The second kappa shape index (κ2) is 8.92. The van der Waals surface area contributed by atoms with Crippen LogP contribution in [0.3, 0.4) is 0 Å². The summed E-state index contributed by atoms with van der Waals surface area (Å²) in [4.78, 5) is 7.62. The number of benzene rings is 2. The highest BCUT2D eigenvalue weighted by molar-refractivity contribution is 6.30. The Morgan fingerprint density at radius 1 is 1.06 bits per heavy atom. The monoisotopic (exact) mass is 480 g/mol. The average Bonchev–Trinajstić information content (AvgIpc) is 3.28. The number of hydrogen-bond acceptors (Lipinski definition) is 3. The van der Waals surface area contributed by atoms with Gasteiger partial charge >= 0.3 is 0 Å². The summed E-state index contributed by atoms with van der Waals surface area (Å²) in [5, 5.41) is 4.01. The van der Waals surface area contributed by atoms with Crippen LogP contribution in [-0.2, 0) is 5.41 Å². The summed E-state index contributed by atoms with van der Waals surface area (Å²) in [6, 6.07) is 15.5. The third-order valence-corrected chi connectivity index (χ3v) is 9.10. The molecular formula is C28H34ClFN4. The topological polar surface area (TPSA) is 33.1 Å². The summed E-state index contributed by atoms with van der Waals surface area (Å²) >= 11 is 6.28. The van der Waals surface area contributed by atoms with Crippen LogP contribution in [-0.4, -0.2) is 46.2 Å². The summed E-state index contributed by atoms with van der Waals surface area (Å²) in [5.41, 5.74) is 3.47. The molecule has 0 amide bonds. The Morgan fingerprint density at radius 3 is 2.53 bits per heavy atom. The van der Waals surface area contributed by atoms with E-state index < -0.39 is 0 Å². The molecule has 2 aromatic carbocycles. The number of aromatic nitrogens is 2. The molecule has 0 aliphatic carbocycles. The first-order chi connectivity index (χ1) is 16.5. The van der Waals surface area contributed by atoms with Crippen molar-refractivity contribution in [1.82, 2.24) is 19.8 Å². The molecule has 4 heterocycles. The molecule has 3 aromatic rings. The molecule has 3 atom stereocenters. The van der Waals surface area contributed by atoms with E-state index in [0.29, 0.717) is 23.1 Å². The summed E-state index contributed by atoms with van der Waals surface area (Å²) in [5.74, 6) is 0.917. The van der Waals surface area contributed by atoms with Crippen LogP contribution in [0.4, 0.5) is 4.39 Å². The van der Waals surface area contributed by atoms with Crippen molar-refractivity contribution in [3.05, 3.63) is 64.7 Å². The van der Waals surface area contributed by atoms with Gasteiger partial charge in [0.1, 0.15) is 11.6 Å². The molecule has 0 spiro atoms. The van der Waals surface area contributed by atoms with Gasteiger partial charge in [0.05, 0.1) is 11.0 Å². The molecule has 2 bridgehead atoms. The van der Waals surface area contributed by atoms with Crippen molar-refractivity contribution in [1.29, 1.82) is 0 Å². The maximum absolute atomic E-state index is 14.3. The molecule has 1 unspecified atom stereocenters. The minimum absolute atomic E-state index is 0.00438. The van der Waals surface area contributed by atoms with Crippen molar-refractivity contribution in [2.24, 2.45) is 0 Å². The van der Waals surface area contributed by atoms with E-state index in [-0.39, 0.29) is 11.2 Å². The van der Waals surface area contributed by atoms with E-state index in [0.717, 1.165) is 55.8 Å². The van der Waals surface area contributed by atoms with Gasteiger partial charge in [0, 0.05) is 23.1 Å². The van der Waals surface area contributed by atoms with Gasteiger partial charge in [-0.15, -0.1) is 0 Å². The number of piperidine rings is 2. The number of nitrogens with zero attached hydrogens (tertiary/aromatic N) is 3. The zero-order valence-corrected chi connectivity index (χ0v) is 20.7. The summed E-state index contributed by atoms with van der Waals surface area (Å²) in [6.07, 6.45) is 8.10. The van der Waals surface area contributed by atoms with E-state index in [9.17, 15) is 4.39 Å². The first-order valence-corrected chi connectivity index (χ1v) is 13.3. The molecule has 6 heteroatoms. The van der Waals surface area contributed by atoms with Crippen molar-refractivity contribution in [2.75, 3.05) is 19.6 Å². The van der Waals surface area contributed by atoms with Gasteiger partial charge < -0.3 is 9.88 Å². The lowest BCUT2D eigenvalue weighted by molar-refractivity contribution is 0.0928. The lowest BCUT2D eigenvalue weighted by atomic mass is 9.70. The maximum atomic E-state index is 14.3. The Balaban J connectivity index is 1.21. The lowest BCUT2D eigenvalue weighted by Gasteiger charge is -2.44. The molecular weight excluding hydrogens is 447 g/mol. The quantitative estimate of drug-likeness (QED) is 0.485. The van der Waals surface area contributed by atoms with Gasteiger partial charge in [-0.05, 0) is 113 Å². The van der Waals surface area contributed by atoms with E-state index in [1.54, 1.807) is 6.07 Å². The third kappa shape index (κ3) is 3.96. The molecule has 3 fully saturated rings. The molecule has 0 radical (unpaired) electrons. The van der Waals surface area contributed by atoms with E-state index in [1.165, 1.54) is 37.3 Å². The minimum atomic E-state index is -0.218. The normalized spacial score (nSPS) is 26.9. The number of imidazole rings is 1. The molecule has 1 aromatic heterocycles. The molecule has 0 saturated carbocycles. The molecule has 180 valence electrons. The van der Waals surface area contributed by atoms with E-state index in [4.69, 9.17) is 16.6 Å². The van der Waals surface area contributed by atoms with Crippen molar-refractivity contribution in [3.8, 4) is 0 Å². The molecule has 3 saturated heterocycles. The Bertz CT molecular complexity index is 1150. The van der Waals surface area contributed by atoms with Gasteiger partial charge in [-0.1, -0.05) is 23.7 Å². The lowest BCUT2D eigenvalue weighted by Crippen LogP contribution is -2.47. The van der Waals surface area contributed by atoms with Crippen LogP contribution in [0.25, 0.3) is 11.0 Å². The van der Waals surface area contributed by atoms with Crippen LogP contribution in [0.15, 0.2) is 42.5 Å². The van der Waals surface area contributed by atoms with Gasteiger partial charge in [0.25, 0.3) is 0 Å². The van der Waals surface area contributed by atoms with Crippen molar-refractivity contribution in [3.63, 3.8) is 0 Å². The molecule has 3 aliphatic heterocycles. The standard InChI is InChI=1S/C28H34ClFN4/c1-19-32-26-4-2-3-5-27(26)34(19)25-17-23-6-7-24(18-25)33(23)13-10-28(8-11-31-12-9-28)20-14-21(29)16-22(30)15-20/h2-5,14-16,23-25,31H,6-13,17-18H2,1H3/t23-,24+,25?. The molecule has 1 N–H and O–H groups in total. The fraction of sp³-hybridized carbons (Fsp3) is 0.536. The van der Waals surface area contributed by atoms with Gasteiger partial charge in [-0.3, -0.25) is 4.90 Å². The molecule has 6 rings (SSSR count). The fourth-order valence-electron chi connectivity index (χ4n) is 7.24. The van der Waals surface area contributed by atoms with Crippen molar-refractivity contribution >= 4 is 22.6 Å². The summed E-state index contributed by atoms with van der Waals surface area (Å²) in [6.45, 7) is 5.20. The SMILES string of the molecule is Cc1nc2ccccc2n1C1C[C@H]2CC[C@@H](C1)N2CCC1(c2cc(F)cc(Cl)c2)CCNCC1. The first kappa shape index (κ1) is 22.5.